The lowest BCUT2D eigenvalue weighted by atomic mass is 10.1. The van der Waals surface area contributed by atoms with E-state index in [0.29, 0.717) is 6.04 Å². The quantitative estimate of drug-likeness (QED) is 0.837. The normalized spacial score (nSPS) is 11.0. The summed E-state index contributed by atoms with van der Waals surface area (Å²) >= 11 is 3.67. The van der Waals surface area contributed by atoms with Crippen molar-refractivity contribution in [3.05, 3.63) is 28.2 Å². The van der Waals surface area contributed by atoms with Crippen molar-refractivity contribution in [3.8, 4) is 0 Å². The number of rotatable bonds is 7. The van der Waals surface area contributed by atoms with E-state index in [0.717, 1.165) is 24.2 Å². The lowest BCUT2D eigenvalue weighted by Crippen LogP contribution is -2.34. The predicted molar refractivity (Wildman–Crippen MR) is 81.3 cm³/mol. The topological polar surface area (TPSA) is 24.5 Å². The number of ether oxygens (including phenoxy) is 1. The number of hydrogen-bond donors (Lipinski definition) is 1. The monoisotopic (exact) mass is 314 g/mol. The molecule has 0 aliphatic heterocycles. The maximum atomic E-state index is 5.18. The van der Waals surface area contributed by atoms with Crippen LogP contribution in [0.1, 0.15) is 19.4 Å². The van der Waals surface area contributed by atoms with E-state index in [1.165, 1.54) is 11.3 Å². The number of hydrogen-bond acceptors (Lipinski definition) is 3. The molecule has 1 aromatic carbocycles. The Kier molecular flexibility index (Phi) is 6.68. The fraction of sp³-hybridized carbons (Fsp3) is 0.571. The van der Waals surface area contributed by atoms with Gasteiger partial charge < -0.3 is 15.0 Å². The van der Waals surface area contributed by atoms with Crippen LogP contribution in [0.3, 0.4) is 0 Å². The molecule has 0 spiro atoms. The fourth-order valence-corrected chi connectivity index (χ4v) is 2.60. The zero-order valence-electron chi connectivity index (χ0n) is 11.7. The summed E-state index contributed by atoms with van der Waals surface area (Å²) in [7, 11) is 3.70. The highest BCUT2D eigenvalue weighted by atomic mass is 79.9. The Balaban J connectivity index is 2.90. The summed E-state index contributed by atoms with van der Waals surface area (Å²) in [6, 6.07) is 6.96. The van der Waals surface area contributed by atoms with Crippen LogP contribution in [0.2, 0.25) is 0 Å². The minimum atomic E-state index is 0.451. The lowest BCUT2D eigenvalue weighted by molar-refractivity contribution is 0.204. The highest BCUT2D eigenvalue weighted by molar-refractivity contribution is 9.10. The zero-order chi connectivity index (χ0) is 13.5. The van der Waals surface area contributed by atoms with Crippen LogP contribution in [-0.2, 0) is 11.3 Å². The van der Waals surface area contributed by atoms with Crippen LogP contribution in [0.15, 0.2) is 22.7 Å². The molecule has 0 bridgehead atoms. The molecule has 102 valence electrons. The molecule has 18 heavy (non-hydrogen) atoms. The molecule has 1 rings (SSSR count). The SMILES string of the molecule is CNCc1ccc(N(CCOC)C(C)C)c(Br)c1. The number of anilines is 1. The molecule has 0 saturated carbocycles. The van der Waals surface area contributed by atoms with E-state index in [2.05, 4.69) is 58.2 Å². The van der Waals surface area contributed by atoms with Gasteiger partial charge >= 0.3 is 0 Å². The Hall–Kier alpha value is -0.580. The van der Waals surface area contributed by atoms with Crippen molar-refractivity contribution in [1.82, 2.24) is 5.32 Å². The van der Waals surface area contributed by atoms with Crippen molar-refractivity contribution in [3.63, 3.8) is 0 Å². The third-order valence-corrected chi connectivity index (χ3v) is 3.50. The third kappa shape index (κ3) is 4.26. The molecular formula is C14H23BrN2O. The van der Waals surface area contributed by atoms with Gasteiger partial charge in [-0.2, -0.15) is 0 Å². The van der Waals surface area contributed by atoms with Crippen LogP contribution in [0.25, 0.3) is 0 Å². The molecular weight excluding hydrogens is 292 g/mol. The van der Waals surface area contributed by atoms with E-state index in [9.17, 15) is 0 Å². The van der Waals surface area contributed by atoms with Crippen molar-refractivity contribution in [2.24, 2.45) is 0 Å². The minimum absolute atomic E-state index is 0.451. The number of nitrogens with zero attached hydrogens (tertiary/aromatic N) is 1. The first-order valence-electron chi connectivity index (χ1n) is 6.28. The van der Waals surface area contributed by atoms with E-state index >= 15 is 0 Å². The van der Waals surface area contributed by atoms with Crippen molar-refractivity contribution in [2.45, 2.75) is 26.4 Å². The Morgan fingerprint density at radius 3 is 2.61 bits per heavy atom. The van der Waals surface area contributed by atoms with Crippen LogP contribution < -0.4 is 10.2 Å². The van der Waals surface area contributed by atoms with Crippen molar-refractivity contribution in [2.75, 3.05) is 32.2 Å². The first-order chi connectivity index (χ1) is 8.60. The van der Waals surface area contributed by atoms with E-state index in [1.54, 1.807) is 7.11 Å². The van der Waals surface area contributed by atoms with Gasteiger partial charge in [-0.3, -0.25) is 0 Å². The van der Waals surface area contributed by atoms with Gasteiger partial charge in [0.1, 0.15) is 0 Å². The zero-order valence-corrected chi connectivity index (χ0v) is 13.3. The molecule has 3 nitrogen and oxygen atoms in total. The van der Waals surface area contributed by atoms with E-state index < -0.39 is 0 Å². The summed E-state index contributed by atoms with van der Waals surface area (Å²) in [6.45, 7) is 6.92. The highest BCUT2D eigenvalue weighted by Gasteiger charge is 2.13. The molecule has 1 N–H and O–H groups in total. The summed E-state index contributed by atoms with van der Waals surface area (Å²) < 4.78 is 6.32. The van der Waals surface area contributed by atoms with Crippen LogP contribution in [0.4, 0.5) is 5.69 Å². The molecule has 4 heteroatoms. The third-order valence-electron chi connectivity index (χ3n) is 2.86. The van der Waals surface area contributed by atoms with Gasteiger partial charge in [0, 0.05) is 30.7 Å². The lowest BCUT2D eigenvalue weighted by Gasteiger charge is -2.30. The fourth-order valence-electron chi connectivity index (χ4n) is 1.94. The highest BCUT2D eigenvalue weighted by Crippen LogP contribution is 2.28. The molecule has 0 saturated heterocycles. The van der Waals surface area contributed by atoms with Gasteiger partial charge in [-0.1, -0.05) is 6.07 Å². The molecule has 0 radical (unpaired) electrons. The molecule has 0 fully saturated rings. The second-order valence-corrected chi connectivity index (χ2v) is 5.45. The summed E-state index contributed by atoms with van der Waals surface area (Å²) in [4.78, 5) is 2.34. The summed E-state index contributed by atoms with van der Waals surface area (Å²) in [6.07, 6.45) is 0. The molecule has 0 heterocycles. The van der Waals surface area contributed by atoms with Crippen LogP contribution in [0.5, 0.6) is 0 Å². The first kappa shape index (κ1) is 15.5. The van der Waals surface area contributed by atoms with Gasteiger partial charge in [-0.15, -0.1) is 0 Å². The smallest absolute Gasteiger partial charge is 0.0637 e. The largest absolute Gasteiger partial charge is 0.383 e. The Morgan fingerprint density at radius 1 is 1.39 bits per heavy atom. The van der Waals surface area contributed by atoms with Gasteiger partial charge in [0.15, 0.2) is 0 Å². The first-order valence-corrected chi connectivity index (χ1v) is 7.08. The van der Waals surface area contributed by atoms with Gasteiger partial charge in [-0.05, 0) is 54.5 Å². The van der Waals surface area contributed by atoms with Crippen molar-refractivity contribution < 1.29 is 4.74 Å². The predicted octanol–water partition coefficient (Wildman–Crippen LogP) is 3.03. The van der Waals surface area contributed by atoms with Gasteiger partial charge in [0.2, 0.25) is 0 Å². The maximum Gasteiger partial charge on any atom is 0.0637 e. The second-order valence-electron chi connectivity index (χ2n) is 4.60. The molecule has 0 atom stereocenters. The number of methoxy groups -OCH3 is 1. The summed E-state index contributed by atoms with van der Waals surface area (Å²) in [5.41, 5.74) is 2.51. The van der Waals surface area contributed by atoms with Crippen LogP contribution >= 0.6 is 15.9 Å². The van der Waals surface area contributed by atoms with Gasteiger partial charge in [-0.25, -0.2) is 0 Å². The molecule has 0 aliphatic rings. The Morgan fingerprint density at radius 2 is 2.11 bits per heavy atom. The standard InChI is InChI=1S/C14H23BrN2O/c1-11(2)17(7-8-18-4)14-6-5-12(10-16-3)9-13(14)15/h5-6,9,11,16H,7-8,10H2,1-4H3. The molecule has 1 aromatic rings. The van der Waals surface area contributed by atoms with Gasteiger partial charge in [0.05, 0.1) is 12.3 Å². The number of halogens is 1. The Bertz CT molecular complexity index is 369. The van der Waals surface area contributed by atoms with E-state index in [1.807, 2.05) is 7.05 Å². The maximum absolute atomic E-state index is 5.18. The molecule has 0 amide bonds. The number of nitrogens with one attached hydrogen (secondary N) is 1. The van der Waals surface area contributed by atoms with Crippen LogP contribution in [0, 0.1) is 0 Å². The van der Waals surface area contributed by atoms with Crippen molar-refractivity contribution >= 4 is 21.6 Å². The molecule has 0 unspecified atom stereocenters. The minimum Gasteiger partial charge on any atom is -0.383 e. The average Bonchev–Trinajstić information content (AvgIpc) is 2.32. The van der Waals surface area contributed by atoms with E-state index in [4.69, 9.17) is 4.74 Å². The molecule has 0 aromatic heterocycles. The van der Waals surface area contributed by atoms with Crippen molar-refractivity contribution in [1.29, 1.82) is 0 Å². The van der Waals surface area contributed by atoms with Gasteiger partial charge in [0.25, 0.3) is 0 Å². The van der Waals surface area contributed by atoms with Crippen LogP contribution in [-0.4, -0.2) is 33.4 Å². The Labute approximate surface area is 119 Å². The summed E-state index contributed by atoms with van der Waals surface area (Å²) in [5.74, 6) is 0. The number of benzene rings is 1. The average molecular weight is 315 g/mol. The summed E-state index contributed by atoms with van der Waals surface area (Å²) in [5, 5.41) is 3.16. The second kappa shape index (κ2) is 7.77. The molecule has 0 aliphatic carbocycles. The van der Waals surface area contributed by atoms with E-state index in [-0.39, 0.29) is 0 Å².